The van der Waals surface area contributed by atoms with Crippen LogP contribution in [-0.2, 0) is 6.54 Å². The molecule has 7 heteroatoms. The van der Waals surface area contributed by atoms with Crippen molar-refractivity contribution in [2.24, 2.45) is 5.92 Å². The van der Waals surface area contributed by atoms with Crippen LogP contribution >= 0.6 is 15.9 Å². The molecular weight excluding hydrogens is 437 g/mol. The maximum absolute atomic E-state index is 13.8. The van der Waals surface area contributed by atoms with Crippen LogP contribution in [0.25, 0.3) is 0 Å². The Labute approximate surface area is 178 Å². The van der Waals surface area contributed by atoms with E-state index in [-0.39, 0.29) is 29.2 Å². The smallest absolute Gasteiger partial charge is 0.267 e. The Kier molecular flexibility index (Phi) is 6.77. The summed E-state index contributed by atoms with van der Waals surface area (Å²) >= 11 is 3.36. The Morgan fingerprint density at radius 1 is 1.38 bits per heavy atom. The normalized spacial score (nSPS) is 14.9. The average Bonchev–Trinajstić information content (AvgIpc) is 2.65. The van der Waals surface area contributed by atoms with Crippen LogP contribution in [-0.4, -0.2) is 17.5 Å². The van der Waals surface area contributed by atoms with Gasteiger partial charge >= 0.3 is 0 Å². The Morgan fingerprint density at radius 3 is 2.66 bits per heavy atom. The first-order valence-corrected chi connectivity index (χ1v) is 10.8. The molecule has 2 N–H and O–H groups in total. The summed E-state index contributed by atoms with van der Waals surface area (Å²) in [5.41, 5.74) is 2.14. The first kappa shape index (κ1) is 21.6. The van der Waals surface area contributed by atoms with Crippen molar-refractivity contribution < 1.29 is 9.18 Å². The van der Waals surface area contributed by atoms with Crippen LogP contribution in [0.5, 0.6) is 0 Å². The predicted molar refractivity (Wildman–Crippen MR) is 117 cm³/mol. The maximum Gasteiger partial charge on any atom is 0.267 e. The van der Waals surface area contributed by atoms with Crippen LogP contribution < -0.4 is 16.2 Å². The average molecular weight is 464 g/mol. The van der Waals surface area contributed by atoms with E-state index in [2.05, 4.69) is 26.6 Å². The van der Waals surface area contributed by atoms with Crippen LogP contribution in [0.4, 0.5) is 10.1 Å². The fraction of sp³-hybridized carbons (Fsp3) is 0.455. The Morgan fingerprint density at radius 2 is 2.10 bits per heavy atom. The van der Waals surface area contributed by atoms with Crippen molar-refractivity contribution in [3.63, 3.8) is 0 Å². The molecule has 0 bridgehead atoms. The van der Waals surface area contributed by atoms with E-state index in [0.29, 0.717) is 28.0 Å². The number of hydrogen-bond acceptors (Lipinski definition) is 3. The first-order valence-electron chi connectivity index (χ1n) is 10.1. The molecule has 5 nitrogen and oxygen atoms in total. The summed E-state index contributed by atoms with van der Waals surface area (Å²) in [5, 5.41) is 6.12. The number of pyridine rings is 1. The predicted octanol–water partition coefficient (Wildman–Crippen LogP) is 4.78. The molecule has 156 valence electrons. The summed E-state index contributed by atoms with van der Waals surface area (Å²) in [6.07, 6.45) is 3.89. The molecule has 29 heavy (non-hydrogen) atoms. The molecule has 2 aromatic rings. The lowest BCUT2D eigenvalue weighted by Crippen LogP contribution is -2.38. The van der Waals surface area contributed by atoms with Crippen molar-refractivity contribution in [2.75, 3.05) is 12.4 Å². The molecule has 1 amide bonds. The molecule has 1 heterocycles. The van der Waals surface area contributed by atoms with Crippen LogP contribution in [0, 0.1) is 18.7 Å². The third kappa shape index (κ3) is 4.25. The van der Waals surface area contributed by atoms with Crippen LogP contribution in [0.1, 0.15) is 60.3 Å². The van der Waals surface area contributed by atoms with E-state index in [1.807, 2.05) is 13.0 Å². The van der Waals surface area contributed by atoms with Crippen molar-refractivity contribution in [3.05, 3.63) is 61.7 Å². The fourth-order valence-electron chi connectivity index (χ4n) is 3.97. The third-order valence-electron chi connectivity index (χ3n) is 5.71. The number of anilines is 1. The number of carbonyl (C=O) groups is 1. The number of rotatable bonds is 7. The molecule has 1 unspecified atom stereocenters. The number of hydrogen-bond donors (Lipinski definition) is 2. The van der Waals surface area contributed by atoms with Gasteiger partial charge in [0.15, 0.2) is 0 Å². The number of benzene rings is 1. The highest BCUT2D eigenvalue weighted by Gasteiger charge is 2.32. The van der Waals surface area contributed by atoms with E-state index in [1.54, 1.807) is 24.6 Å². The zero-order chi connectivity index (χ0) is 21.1. The largest absolute Gasteiger partial charge is 0.386 e. The van der Waals surface area contributed by atoms with Gasteiger partial charge in [0, 0.05) is 19.3 Å². The monoisotopic (exact) mass is 463 g/mol. The minimum absolute atomic E-state index is 0.161. The van der Waals surface area contributed by atoms with Gasteiger partial charge in [-0.3, -0.25) is 9.59 Å². The molecule has 1 fully saturated rings. The molecule has 0 spiro atoms. The van der Waals surface area contributed by atoms with Gasteiger partial charge in [0.05, 0.1) is 17.3 Å². The standard InChI is InChI=1S/C22H27BrFN3O2/c1-4-11-27-13(2)17(20(25-3)18(23)22(27)29)21(28)26-19(14-7-5-8-14)15-9-6-10-16(24)12-15/h6,9-10,12,14,19,25H,4-5,7-8,11H2,1-3H3,(H,26,28). The van der Waals surface area contributed by atoms with E-state index in [1.165, 1.54) is 12.1 Å². The van der Waals surface area contributed by atoms with Crippen LogP contribution in [0.3, 0.4) is 0 Å². The third-order valence-corrected chi connectivity index (χ3v) is 6.44. The lowest BCUT2D eigenvalue weighted by atomic mass is 9.77. The lowest BCUT2D eigenvalue weighted by molar-refractivity contribution is 0.0899. The molecule has 1 saturated carbocycles. The van der Waals surface area contributed by atoms with Gasteiger partial charge in [-0.25, -0.2) is 4.39 Å². The second-order valence-corrected chi connectivity index (χ2v) is 8.35. The molecule has 0 radical (unpaired) electrons. The van der Waals surface area contributed by atoms with Gasteiger partial charge in [0.25, 0.3) is 11.5 Å². The molecule has 1 aliphatic rings. The zero-order valence-corrected chi connectivity index (χ0v) is 18.6. The summed E-state index contributed by atoms with van der Waals surface area (Å²) in [4.78, 5) is 26.1. The minimum Gasteiger partial charge on any atom is -0.386 e. The summed E-state index contributed by atoms with van der Waals surface area (Å²) in [6, 6.07) is 6.16. The van der Waals surface area contributed by atoms with Crippen molar-refractivity contribution in [1.29, 1.82) is 0 Å². The minimum atomic E-state index is -0.313. The molecule has 3 rings (SSSR count). The van der Waals surface area contributed by atoms with Crippen LogP contribution in [0.2, 0.25) is 0 Å². The topological polar surface area (TPSA) is 63.1 Å². The summed E-state index contributed by atoms with van der Waals surface area (Å²) in [7, 11) is 1.69. The summed E-state index contributed by atoms with van der Waals surface area (Å²) < 4.78 is 15.8. The molecule has 0 saturated heterocycles. The van der Waals surface area contributed by atoms with Gasteiger partial charge in [0.1, 0.15) is 10.3 Å². The first-order chi connectivity index (χ1) is 13.9. The lowest BCUT2D eigenvalue weighted by Gasteiger charge is -2.35. The molecule has 1 aromatic heterocycles. The maximum atomic E-state index is 13.8. The summed E-state index contributed by atoms with van der Waals surface area (Å²) in [6.45, 7) is 4.31. The van der Waals surface area contributed by atoms with Gasteiger partial charge in [0.2, 0.25) is 0 Å². The van der Waals surface area contributed by atoms with Gasteiger partial charge < -0.3 is 15.2 Å². The van der Waals surface area contributed by atoms with Crippen LogP contribution in [0.15, 0.2) is 33.5 Å². The SMILES string of the molecule is CCCn1c(C)c(C(=O)NC(c2cccc(F)c2)C2CCC2)c(NC)c(Br)c1=O. The number of aromatic nitrogens is 1. The van der Waals surface area contributed by atoms with Gasteiger partial charge in [-0.1, -0.05) is 25.5 Å². The number of carbonyl (C=O) groups excluding carboxylic acids is 1. The highest BCUT2D eigenvalue weighted by atomic mass is 79.9. The number of halogens is 2. The second-order valence-electron chi connectivity index (χ2n) is 7.55. The molecular formula is C22H27BrFN3O2. The van der Waals surface area contributed by atoms with Gasteiger partial charge in [-0.15, -0.1) is 0 Å². The number of nitrogens with zero attached hydrogens (tertiary/aromatic N) is 1. The fourth-order valence-corrected chi connectivity index (χ4v) is 4.58. The Bertz CT molecular complexity index is 969. The molecule has 1 aromatic carbocycles. The van der Waals surface area contributed by atoms with E-state index in [9.17, 15) is 14.0 Å². The second kappa shape index (κ2) is 9.11. The summed E-state index contributed by atoms with van der Waals surface area (Å²) in [5.74, 6) is -0.296. The molecule has 1 atom stereocenters. The van der Waals surface area contributed by atoms with E-state index >= 15 is 0 Å². The van der Waals surface area contributed by atoms with E-state index < -0.39 is 0 Å². The zero-order valence-electron chi connectivity index (χ0n) is 17.0. The Hall–Kier alpha value is -2.15. The van der Waals surface area contributed by atoms with Gasteiger partial charge in [-0.2, -0.15) is 0 Å². The quantitative estimate of drug-likeness (QED) is 0.620. The molecule has 1 aliphatic carbocycles. The van der Waals surface area contributed by atoms with Crippen molar-refractivity contribution in [3.8, 4) is 0 Å². The van der Waals surface area contributed by atoms with Crippen molar-refractivity contribution in [1.82, 2.24) is 9.88 Å². The van der Waals surface area contributed by atoms with Gasteiger partial charge in [-0.05, 0) is 65.7 Å². The van der Waals surface area contributed by atoms with Crippen molar-refractivity contribution >= 4 is 27.5 Å². The highest BCUT2D eigenvalue weighted by molar-refractivity contribution is 9.10. The van der Waals surface area contributed by atoms with E-state index in [0.717, 1.165) is 31.2 Å². The molecule has 0 aliphatic heterocycles. The number of amides is 1. The highest BCUT2D eigenvalue weighted by Crippen LogP contribution is 2.38. The van der Waals surface area contributed by atoms with E-state index in [4.69, 9.17) is 0 Å². The number of nitrogens with one attached hydrogen (secondary N) is 2. The van der Waals surface area contributed by atoms with Crippen molar-refractivity contribution in [2.45, 2.75) is 52.1 Å². The Balaban J connectivity index is 2.03.